The van der Waals surface area contributed by atoms with Crippen molar-refractivity contribution in [3.8, 4) is 16.8 Å². The fourth-order valence-corrected chi connectivity index (χ4v) is 8.67. The van der Waals surface area contributed by atoms with E-state index in [1.54, 1.807) is 42.9 Å². The molecule has 11 nitrogen and oxygen atoms in total. The van der Waals surface area contributed by atoms with E-state index in [9.17, 15) is 14.7 Å². The average Bonchev–Trinajstić information content (AvgIpc) is 3.46. The van der Waals surface area contributed by atoms with Crippen LogP contribution < -0.4 is 21.3 Å². The van der Waals surface area contributed by atoms with Crippen LogP contribution in [0.15, 0.2) is 64.6 Å². The van der Waals surface area contributed by atoms with Crippen molar-refractivity contribution in [2.45, 2.75) is 51.3 Å². The molecule has 248 valence electrons. The maximum Gasteiger partial charge on any atom is 0.289 e. The summed E-state index contributed by atoms with van der Waals surface area (Å²) >= 11 is 1.57. The Morgan fingerprint density at radius 2 is 1.92 bits per heavy atom. The van der Waals surface area contributed by atoms with E-state index >= 15 is 0 Å². The Balaban J connectivity index is 1.08. The zero-order valence-corrected chi connectivity index (χ0v) is 28.0. The van der Waals surface area contributed by atoms with Crippen molar-refractivity contribution in [3.63, 3.8) is 0 Å². The summed E-state index contributed by atoms with van der Waals surface area (Å²) < 4.78 is 9.01. The summed E-state index contributed by atoms with van der Waals surface area (Å²) in [4.78, 5) is 37.9. The number of fused-ring (bicyclic) bond motifs is 3. The van der Waals surface area contributed by atoms with Gasteiger partial charge in [0.1, 0.15) is 16.2 Å². The Labute approximate surface area is 282 Å². The van der Waals surface area contributed by atoms with Crippen molar-refractivity contribution in [3.05, 3.63) is 91.7 Å². The number of pyridine rings is 2. The zero-order chi connectivity index (χ0) is 32.9. The molecule has 1 atom stereocenters. The van der Waals surface area contributed by atoms with Crippen LogP contribution in [0.4, 0.5) is 17.2 Å². The molecule has 2 fully saturated rings. The Kier molecular flexibility index (Phi) is 8.11. The Morgan fingerprint density at radius 3 is 2.67 bits per heavy atom. The molecule has 2 N–H and O–H groups in total. The number of ether oxygens (including phenoxy) is 1. The predicted octanol–water partition coefficient (Wildman–Crippen LogP) is 4.23. The lowest BCUT2D eigenvalue weighted by Gasteiger charge is -2.46. The van der Waals surface area contributed by atoms with E-state index in [0.717, 1.165) is 69.6 Å². The number of piperazine rings is 1. The predicted molar refractivity (Wildman–Crippen MR) is 189 cm³/mol. The monoisotopic (exact) mass is 665 g/mol. The second-order valence-corrected chi connectivity index (χ2v) is 14.2. The quantitative estimate of drug-likeness (QED) is 0.263. The van der Waals surface area contributed by atoms with Crippen molar-refractivity contribution in [1.82, 2.24) is 24.2 Å². The van der Waals surface area contributed by atoms with Crippen LogP contribution in [0.1, 0.15) is 35.8 Å². The maximum absolute atomic E-state index is 13.8. The number of thiophene rings is 1. The number of benzene rings is 1. The van der Waals surface area contributed by atoms with Gasteiger partial charge in [0.2, 0.25) is 0 Å². The Bertz CT molecular complexity index is 2120. The first-order valence-corrected chi connectivity index (χ1v) is 17.5. The van der Waals surface area contributed by atoms with Crippen LogP contribution in [-0.2, 0) is 31.2 Å². The second kappa shape index (κ2) is 12.6. The molecule has 0 spiro atoms. The molecule has 6 heterocycles. The SMILES string of the molecule is C[C@H]1CN(C2COC2)CCN1c1ccc(Nc2cc(-c3cccc(-n4ncc5c6c(sc5c4=O)CCCC6)c3CO)cn(C)c2=O)nc1. The fraction of sp³-hybridized carbons (Fsp3) is 0.389. The van der Waals surface area contributed by atoms with E-state index in [4.69, 9.17) is 4.74 Å². The van der Waals surface area contributed by atoms with Crippen molar-refractivity contribution in [2.75, 3.05) is 43.1 Å². The number of anilines is 3. The highest BCUT2D eigenvalue weighted by atomic mass is 32.1. The smallest absolute Gasteiger partial charge is 0.289 e. The molecule has 8 rings (SSSR count). The molecular formula is C36H39N7O4S. The number of nitrogens with one attached hydrogen (secondary N) is 1. The first kappa shape index (κ1) is 30.9. The van der Waals surface area contributed by atoms with Crippen molar-refractivity contribution in [2.24, 2.45) is 7.05 Å². The van der Waals surface area contributed by atoms with Crippen molar-refractivity contribution in [1.29, 1.82) is 0 Å². The summed E-state index contributed by atoms with van der Waals surface area (Å²) in [6, 6.07) is 12.1. The number of aromatic nitrogens is 4. The summed E-state index contributed by atoms with van der Waals surface area (Å²) in [5, 5.41) is 19.4. The first-order chi connectivity index (χ1) is 23.4. The van der Waals surface area contributed by atoms with Crippen LogP contribution in [0.5, 0.6) is 0 Å². The van der Waals surface area contributed by atoms with Gasteiger partial charge in [-0.3, -0.25) is 14.5 Å². The van der Waals surface area contributed by atoms with Gasteiger partial charge in [-0.1, -0.05) is 12.1 Å². The minimum absolute atomic E-state index is 0.180. The summed E-state index contributed by atoms with van der Waals surface area (Å²) in [5.41, 5.74) is 4.77. The maximum atomic E-state index is 13.8. The molecule has 0 amide bonds. The van der Waals surface area contributed by atoms with Gasteiger partial charge in [0, 0.05) is 60.3 Å². The third-order valence-electron chi connectivity index (χ3n) is 10.1. The topological polar surface area (TPSA) is 118 Å². The van der Waals surface area contributed by atoms with Gasteiger partial charge in [0.25, 0.3) is 11.1 Å². The number of aryl methyl sites for hydroxylation is 3. The number of hydrogen-bond acceptors (Lipinski definition) is 10. The lowest BCUT2D eigenvalue weighted by molar-refractivity contribution is -0.0691. The van der Waals surface area contributed by atoms with Crippen molar-refractivity contribution >= 4 is 38.6 Å². The Hall–Kier alpha value is -4.36. The highest BCUT2D eigenvalue weighted by Crippen LogP contribution is 2.35. The summed E-state index contributed by atoms with van der Waals surface area (Å²) in [6.07, 6.45) is 9.65. The van der Waals surface area contributed by atoms with E-state index in [2.05, 4.69) is 32.1 Å². The molecule has 3 aliphatic rings. The van der Waals surface area contributed by atoms with Gasteiger partial charge < -0.3 is 24.6 Å². The summed E-state index contributed by atoms with van der Waals surface area (Å²) in [5.74, 6) is 0.560. The molecule has 2 saturated heterocycles. The van der Waals surface area contributed by atoms with Crippen LogP contribution in [-0.4, -0.2) is 74.3 Å². The molecule has 0 radical (unpaired) electrons. The van der Waals surface area contributed by atoms with E-state index in [-0.39, 0.29) is 17.7 Å². The van der Waals surface area contributed by atoms with Crippen LogP contribution in [0, 0.1) is 0 Å². The van der Waals surface area contributed by atoms with E-state index in [0.29, 0.717) is 50.7 Å². The van der Waals surface area contributed by atoms with Gasteiger partial charge in [-0.15, -0.1) is 11.3 Å². The average molecular weight is 666 g/mol. The van der Waals surface area contributed by atoms with Crippen LogP contribution in [0.2, 0.25) is 0 Å². The van der Waals surface area contributed by atoms with Gasteiger partial charge in [0.15, 0.2) is 0 Å². The molecule has 0 saturated carbocycles. The van der Waals surface area contributed by atoms with Gasteiger partial charge in [-0.25, -0.2) is 4.98 Å². The van der Waals surface area contributed by atoms with Gasteiger partial charge in [-0.2, -0.15) is 9.78 Å². The normalized spacial score (nSPS) is 18.6. The lowest BCUT2D eigenvalue weighted by Crippen LogP contribution is -2.59. The van der Waals surface area contributed by atoms with Crippen molar-refractivity contribution < 1.29 is 9.84 Å². The molecule has 48 heavy (non-hydrogen) atoms. The number of rotatable bonds is 7. The van der Waals surface area contributed by atoms with E-state index in [1.807, 2.05) is 30.5 Å². The van der Waals surface area contributed by atoms with E-state index < -0.39 is 0 Å². The summed E-state index contributed by atoms with van der Waals surface area (Å²) in [7, 11) is 1.70. The molecule has 1 aliphatic carbocycles. The van der Waals surface area contributed by atoms with E-state index in [1.165, 1.54) is 19.7 Å². The number of aliphatic hydroxyl groups is 1. The standard InChI is InChI=1S/C36H39N7O4S/c1-22-17-41(25-20-47-21-25)12-13-42(22)24-10-11-33(37-15-24)39-30-14-23(18-40(2)35(30)45)26-7-5-8-31(29(26)19-44)43-36(46)34-28(16-38-43)27-6-3-4-9-32(27)48-34/h5,7-8,10-11,14-16,18,22,25,44H,3-4,6,9,12-13,17,19-21H2,1-2H3,(H,37,39)/t22-/m0/s1. The molecule has 12 heteroatoms. The summed E-state index contributed by atoms with van der Waals surface area (Å²) in [6.45, 7) is 6.48. The Morgan fingerprint density at radius 1 is 1.06 bits per heavy atom. The molecule has 2 aliphatic heterocycles. The molecule has 5 aromatic rings. The molecule has 1 aromatic carbocycles. The van der Waals surface area contributed by atoms with Crippen LogP contribution >= 0.6 is 11.3 Å². The third-order valence-corrected chi connectivity index (χ3v) is 11.4. The molecular weight excluding hydrogens is 627 g/mol. The van der Waals surface area contributed by atoms with Gasteiger partial charge in [0.05, 0.1) is 49.6 Å². The number of aliphatic hydroxyl groups excluding tert-OH is 1. The highest BCUT2D eigenvalue weighted by Gasteiger charge is 2.32. The largest absolute Gasteiger partial charge is 0.392 e. The molecule has 4 aromatic heterocycles. The van der Waals surface area contributed by atoms with Gasteiger partial charge >= 0.3 is 0 Å². The minimum atomic E-state index is -0.311. The second-order valence-electron chi connectivity index (χ2n) is 13.1. The van der Waals surface area contributed by atoms with Gasteiger partial charge in [-0.05, 0) is 68.0 Å². The highest BCUT2D eigenvalue weighted by molar-refractivity contribution is 7.19. The zero-order valence-electron chi connectivity index (χ0n) is 27.2. The van der Waals surface area contributed by atoms with Crippen LogP contribution in [0.25, 0.3) is 26.9 Å². The number of nitrogens with zero attached hydrogens (tertiary/aromatic N) is 6. The lowest BCUT2D eigenvalue weighted by atomic mass is 9.97. The fourth-order valence-electron chi connectivity index (χ4n) is 7.38. The third kappa shape index (κ3) is 5.42. The molecule has 0 unspecified atom stereocenters. The minimum Gasteiger partial charge on any atom is -0.392 e. The molecule has 0 bridgehead atoms. The first-order valence-electron chi connectivity index (χ1n) is 16.7. The number of hydrogen-bond donors (Lipinski definition) is 2. The van der Waals surface area contributed by atoms with Crippen LogP contribution in [0.3, 0.4) is 0 Å².